The number of aromatic nitrogens is 4. The number of rotatable bonds is 4. The number of nitrogens with one attached hydrogen (secondary N) is 1. The molecule has 0 spiro atoms. The smallest absolute Gasteiger partial charge is 0.329 e. The average molecular weight is 320 g/mol. The molecule has 0 saturated carbocycles. The van der Waals surface area contributed by atoms with Crippen LogP contribution in [0.4, 0.5) is 5.95 Å². The molecule has 3 heterocycles. The molecule has 126 valence electrons. The van der Waals surface area contributed by atoms with Crippen molar-refractivity contribution in [1.82, 2.24) is 24.0 Å². The first-order valence-electron chi connectivity index (χ1n) is 8.16. The van der Waals surface area contributed by atoms with E-state index < -0.39 is 5.69 Å². The van der Waals surface area contributed by atoms with E-state index in [1.807, 2.05) is 4.57 Å². The molecule has 1 fully saturated rings. The summed E-state index contributed by atoms with van der Waals surface area (Å²) < 4.78 is 3.39. The molecule has 2 aromatic rings. The summed E-state index contributed by atoms with van der Waals surface area (Å²) in [5.74, 6) is 0.799. The molecule has 0 aromatic carbocycles. The number of H-pyrrole nitrogens is 1. The molecule has 8 nitrogen and oxygen atoms in total. The van der Waals surface area contributed by atoms with Crippen molar-refractivity contribution in [2.45, 2.75) is 26.3 Å². The maximum absolute atomic E-state index is 12.3. The molecule has 0 unspecified atom stereocenters. The number of anilines is 1. The van der Waals surface area contributed by atoms with Crippen molar-refractivity contribution in [3.05, 3.63) is 20.8 Å². The zero-order valence-electron chi connectivity index (χ0n) is 14.0. The van der Waals surface area contributed by atoms with Crippen LogP contribution in [0.2, 0.25) is 0 Å². The Balaban J connectivity index is 2.16. The van der Waals surface area contributed by atoms with Gasteiger partial charge in [-0.15, -0.1) is 0 Å². The zero-order valence-corrected chi connectivity index (χ0v) is 14.0. The van der Waals surface area contributed by atoms with Gasteiger partial charge in [0, 0.05) is 39.8 Å². The fourth-order valence-electron chi connectivity index (χ4n) is 3.00. The van der Waals surface area contributed by atoms with Crippen molar-refractivity contribution in [3.63, 3.8) is 0 Å². The van der Waals surface area contributed by atoms with Crippen molar-refractivity contribution in [2.24, 2.45) is 7.05 Å². The van der Waals surface area contributed by atoms with E-state index in [1.54, 1.807) is 7.05 Å². The van der Waals surface area contributed by atoms with Gasteiger partial charge in [-0.2, -0.15) is 4.98 Å². The Labute approximate surface area is 134 Å². The molecule has 0 bridgehead atoms. The molecule has 0 radical (unpaired) electrons. The van der Waals surface area contributed by atoms with Gasteiger partial charge in [-0.25, -0.2) is 4.79 Å². The third kappa shape index (κ3) is 2.78. The van der Waals surface area contributed by atoms with E-state index in [0.29, 0.717) is 11.2 Å². The summed E-state index contributed by atoms with van der Waals surface area (Å²) in [5.41, 5.74) is 0.179. The van der Waals surface area contributed by atoms with Crippen molar-refractivity contribution >= 4 is 17.1 Å². The van der Waals surface area contributed by atoms with Crippen LogP contribution >= 0.6 is 0 Å². The largest absolute Gasteiger partial charge is 0.340 e. The summed E-state index contributed by atoms with van der Waals surface area (Å²) in [6.45, 7) is 6.53. The van der Waals surface area contributed by atoms with Gasteiger partial charge in [-0.3, -0.25) is 14.3 Å². The summed E-state index contributed by atoms with van der Waals surface area (Å²) in [6.07, 6.45) is 2.00. The van der Waals surface area contributed by atoms with Crippen molar-refractivity contribution < 1.29 is 0 Å². The van der Waals surface area contributed by atoms with Crippen molar-refractivity contribution in [2.75, 3.05) is 38.1 Å². The monoisotopic (exact) mass is 320 g/mol. The van der Waals surface area contributed by atoms with E-state index >= 15 is 0 Å². The van der Waals surface area contributed by atoms with Gasteiger partial charge in [0.05, 0.1) is 0 Å². The highest BCUT2D eigenvalue weighted by molar-refractivity contribution is 5.74. The number of piperazine rings is 1. The Hall–Kier alpha value is -2.09. The highest BCUT2D eigenvalue weighted by Gasteiger charge is 2.23. The molecule has 8 heteroatoms. The molecule has 3 rings (SSSR count). The lowest BCUT2D eigenvalue weighted by Crippen LogP contribution is -2.45. The van der Waals surface area contributed by atoms with Gasteiger partial charge in [0.1, 0.15) is 0 Å². The number of nitrogens with zero attached hydrogens (tertiary/aromatic N) is 5. The normalized spacial score (nSPS) is 16.4. The highest BCUT2D eigenvalue weighted by atomic mass is 16.2. The molecular weight excluding hydrogens is 296 g/mol. The number of aromatic amines is 1. The summed E-state index contributed by atoms with van der Waals surface area (Å²) >= 11 is 0. The van der Waals surface area contributed by atoms with Crippen molar-refractivity contribution in [1.29, 1.82) is 0 Å². The zero-order chi connectivity index (χ0) is 16.6. The number of imidazole rings is 1. The number of unbranched alkanes of at least 4 members (excludes halogenated alkanes) is 1. The van der Waals surface area contributed by atoms with Crippen LogP contribution in [-0.2, 0) is 13.6 Å². The second-order valence-corrected chi connectivity index (χ2v) is 6.20. The van der Waals surface area contributed by atoms with Gasteiger partial charge in [0.15, 0.2) is 11.2 Å². The van der Waals surface area contributed by atoms with Crippen LogP contribution < -0.4 is 16.1 Å². The molecule has 0 amide bonds. The van der Waals surface area contributed by atoms with Crippen LogP contribution in [0, 0.1) is 0 Å². The summed E-state index contributed by atoms with van der Waals surface area (Å²) in [5, 5.41) is 0. The van der Waals surface area contributed by atoms with Crippen molar-refractivity contribution in [3.8, 4) is 0 Å². The lowest BCUT2D eigenvalue weighted by atomic mass is 10.3. The molecule has 1 aliphatic heterocycles. The van der Waals surface area contributed by atoms with E-state index in [4.69, 9.17) is 0 Å². The topological polar surface area (TPSA) is 79.2 Å². The Kier molecular flexibility index (Phi) is 4.25. The molecule has 0 aliphatic carbocycles. The molecule has 1 N–H and O–H groups in total. The van der Waals surface area contributed by atoms with Crippen LogP contribution in [0.15, 0.2) is 9.59 Å². The maximum atomic E-state index is 12.3. The van der Waals surface area contributed by atoms with E-state index in [0.717, 1.165) is 51.5 Å². The van der Waals surface area contributed by atoms with Gasteiger partial charge >= 0.3 is 5.69 Å². The van der Waals surface area contributed by atoms with Crippen LogP contribution in [0.3, 0.4) is 0 Å². The lowest BCUT2D eigenvalue weighted by molar-refractivity contribution is 0.310. The minimum Gasteiger partial charge on any atom is -0.340 e. The summed E-state index contributed by atoms with van der Waals surface area (Å²) in [7, 11) is 3.75. The minimum atomic E-state index is -0.424. The molecule has 0 atom stereocenters. The second-order valence-electron chi connectivity index (χ2n) is 6.20. The third-order valence-corrected chi connectivity index (χ3v) is 4.51. The fraction of sp³-hybridized carbons (Fsp3) is 0.667. The van der Waals surface area contributed by atoms with Gasteiger partial charge in [0.2, 0.25) is 5.95 Å². The van der Waals surface area contributed by atoms with Crippen LogP contribution in [0.25, 0.3) is 11.2 Å². The summed E-state index contributed by atoms with van der Waals surface area (Å²) in [6, 6.07) is 0. The molecular formula is C15H24N6O2. The maximum Gasteiger partial charge on any atom is 0.329 e. The van der Waals surface area contributed by atoms with E-state index in [2.05, 4.69) is 33.7 Å². The minimum absolute atomic E-state index is 0.355. The second kappa shape index (κ2) is 6.19. The Morgan fingerprint density at radius 3 is 2.48 bits per heavy atom. The first-order valence-corrected chi connectivity index (χ1v) is 8.16. The van der Waals surface area contributed by atoms with E-state index in [1.165, 1.54) is 4.57 Å². The van der Waals surface area contributed by atoms with Gasteiger partial charge in [-0.05, 0) is 13.5 Å². The van der Waals surface area contributed by atoms with Crippen LogP contribution in [0.1, 0.15) is 19.8 Å². The number of hydrogen-bond donors (Lipinski definition) is 1. The Morgan fingerprint density at radius 1 is 1.13 bits per heavy atom. The number of aryl methyl sites for hydroxylation is 2. The molecule has 2 aromatic heterocycles. The van der Waals surface area contributed by atoms with Crippen LogP contribution in [-0.4, -0.2) is 57.2 Å². The molecule has 1 aliphatic rings. The predicted molar refractivity (Wildman–Crippen MR) is 90.2 cm³/mol. The fourth-order valence-corrected chi connectivity index (χ4v) is 3.00. The average Bonchev–Trinajstić information content (AvgIpc) is 2.91. The van der Waals surface area contributed by atoms with E-state index in [9.17, 15) is 9.59 Å². The predicted octanol–water partition coefficient (Wildman–Crippen LogP) is -0.0248. The first-order chi connectivity index (χ1) is 11.0. The summed E-state index contributed by atoms with van der Waals surface area (Å²) in [4.78, 5) is 35.7. The van der Waals surface area contributed by atoms with Gasteiger partial charge in [0.25, 0.3) is 5.56 Å². The van der Waals surface area contributed by atoms with Gasteiger partial charge < -0.3 is 14.4 Å². The number of fused-ring (bicyclic) bond motifs is 1. The Bertz CT molecular complexity index is 810. The lowest BCUT2D eigenvalue weighted by Gasteiger charge is -2.33. The molecule has 1 saturated heterocycles. The quantitative estimate of drug-likeness (QED) is 0.856. The third-order valence-electron chi connectivity index (χ3n) is 4.51. The standard InChI is InChI=1S/C15H24N6O2/c1-4-5-6-21-11-12(19(3)15(23)17-13(11)22)16-14(21)20-9-7-18(2)8-10-20/h4-10H2,1-3H3,(H,17,22,23). The first kappa shape index (κ1) is 15.8. The number of hydrogen-bond acceptors (Lipinski definition) is 5. The SMILES string of the molecule is CCCCn1c(N2CCN(C)CC2)nc2c1c(=O)[nH]c(=O)n2C. The van der Waals surface area contributed by atoms with Gasteiger partial charge in [-0.1, -0.05) is 13.3 Å². The Morgan fingerprint density at radius 2 is 1.83 bits per heavy atom. The van der Waals surface area contributed by atoms with E-state index in [-0.39, 0.29) is 5.56 Å². The number of likely N-dealkylation sites (N-methyl/N-ethyl adjacent to an activating group) is 1. The molecule has 23 heavy (non-hydrogen) atoms. The highest BCUT2D eigenvalue weighted by Crippen LogP contribution is 2.21. The van der Waals surface area contributed by atoms with Crippen LogP contribution in [0.5, 0.6) is 0 Å².